The van der Waals surface area contributed by atoms with Gasteiger partial charge >= 0.3 is 5.97 Å². The maximum Gasteiger partial charge on any atom is 0.330 e. The van der Waals surface area contributed by atoms with Crippen LogP contribution in [0.15, 0.2) is 30.3 Å². The molecule has 1 fully saturated rings. The van der Waals surface area contributed by atoms with E-state index in [0.717, 1.165) is 12.8 Å². The molecule has 5 nitrogen and oxygen atoms in total. The summed E-state index contributed by atoms with van der Waals surface area (Å²) in [7, 11) is -2.50. The van der Waals surface area contributed by atoms with Crippen molar-refractivity contribution >= 4 is 16.0 Å². The lowest BCUT2D eigenvalue weighted by Gasteiger charge is -2.22. The number of hydrogen-bond acceptors (Lipinski definition) is 4. The van der Waals surface area contributed by atoms with E-state index in [-0.39, 0.29) is 0 Å². The van der Waals surface area contributed by atoms with Gasteiger partial charge in [-0.1, -0.05) is 30.3 Å². The van der Waals surface area contributed by atoms with Crippen molar-refractivity contribution in [2.75, 3.05) is 20.2 Å². The number of rotatable bonds is 4. The Kier molecular flexibility index (Phi) is 4.21. The highest BCUT2D eigenvalue weighted by Gasteiger charge is 2.40. The molecule has 0 spiro atoms. The highest BCUT2D eigenvalue weighted by molar-refractivity contribution is 7.90. The van der Waals surface area contributed by atoms with Crippen LogP contribution in [0, 0.1) is 0 Å². The van der Waals surface area contributed by atoms with Crippen LogP contribution in [0.2, 0.25) is 0 Å². The molecule has 2 rings (SSSR count). The zero-order valence-corrected chi connectivity index (χ0v) is 11.6. The first-order valence-corrected chi connectivity index (χ1v) is 7.69. The minimum Gasteiger partial charge on any atom is -0.468 e. The number of ether oxygens (including phenoxy) is 1. The average molecular weight is 283 g/mol. The van der Waals surface area contributed by atoms with E-state index < -0.39 is 21.2 Å². The quantitative estimate of drug-likeness (QED) is 0.782. The van der Waals surface area contributed by atoms with Crippen LogP contribution in [0.1, 0.15) is 23.7 Å². The molecule has 0 amide bonds. The minimum absolute atomic E-state index is 0.446. The monoisotopic (exact) mass is 283 g/mol. The van der Waals surface area contributed by atoms with Gasteiger partial charge in [0.15, 0.2) is 5.25 Å². The van der Waals surface area contributed by atoms with Gasteiger partial charge in [-0.25, -0.2) is 12.7 Å². The van der Waals surface area contributed by atoms with Gasteiger partial charge in [-0.05, 0) is 18.4 Å². The molecule has 0 unspecified atom stereocenters. The number of methoxy groups -OCH3 is 1. The molecule has 0 aromatic heterocycles. The lowest BCUT2D eigenvalue weighted by molar-refractivity contribution is -0.140. The molecular weight excluding hydrogens is 266 g/mol. The van der Waals surface area contributed by atoms with Crippen LogP contribution in [0.3, 0.4) is 0 Å². The van der Waals surface area contributed by atoms with E-state index in [1.807, 2.05) is 0 Å². The van der Waals surface area contributed by atoms with Crippen LogP contribution < -0.4 is 0 Å². The fourth-order valence-electron chi connectivity index (χ4n) is 2.26. The van der Waals surface area contributed by atoms with E-state index in [1.54, 1.807) is 30.3 Å². The van der Waals surface area contributed by atoms with E-state index in [2.05, 4.69) is 4.74 Å². The molecule has 0 radical (unpaired) electrons. The summed E-state index contributed by atoms with van der Waals surface area (Å²) in [6.07, 6.45) is 1.67. The van der Waals surface area contributed by atoms with Crippen LogP contribution in [0.25, 0.3) is 0 Å². The Hall–Kier alpha value is -1.40. The van der Waals surface area contributed by atoms with Crippen LogP contribution in [0.5, 0.6) is 0 Å². The summed E-state index contributed by atoms with van der Waals surface area (Å²) in [5.41, 5.74) is 0.446. The number of esters is 1. The third kappa shape index (κ3) is 2.79. The third-order valence-corrected chi connectivity index (χ3v) is 5.39. The van der Waals surface area contributed by atoms with Crippen molar-refractivity contribution in [1.82, 2.24) is 4.31 Å². The highest BCUT2D eigenvalue weighted by atomic mass is 32.2. The van der Waals surface area contributed by atoms with Gasteiger partial charge in [-0.15, -0.1) is 0 Å². The van der Waals surface area contributed by atoms with Crippen LogP contribution in [0.4, 0.5) is 0 Å². The molecule has 1 aliphatic rings. The number of hydrogen-bond donors (Lipinski definition) is 0. The molecular formula is C13H17NO4S. The zero-order valence-electron chi connectivity index (χ0n) is 10.8. The Morgan fingerprint density at radius 1 is 1.21 bits per heavy atom. The zero-order chi connectivity index (χ0) is 13.9. The predicted octanol–water partition coefficient (Wildman–Crippen LogP) is 1.33. The Labute approximate surface area is 113 Å². The highest BCUT2D eigenvalue weighted by Crippen LogP contribution is 2.29. The number of carbonyl (C=O) groups is 1. The molecule has 1 aromatic carbocycles. The second-order valence-corrected chi connectivity index (χ2v) is 6.48. The van der Waals surface area contributed by atoms with Crippen molar-refractivity contribution in [3.63, 3.8) is 0 Å². The standard InChI is InChI=1S/C13H17NO4S/c1-18-13(15)12(11-7-3-2-4-8-11)19(16,17)14-9-5-6-10-14/h2-4,7-8,12H,5-6,9-10H2,1H3/t12-/m0/s1. The molecule has 1 saturated heterocycles. The van der Waals surface area contributed by atoms with E-state index in [0.29, 0.717) is 18.7 Å². The molecule has 0 aliphatic carbocycles. The van der Waals surface area contributed by atoms with Gasteiger partial charge in [0.2, 0.25) is 10.0 Å². The van der Waals surface area contributed by atoms with Gasteiger partial charge in [0.05, 0.1) is 7.11 Å². The molecule has 6 heteroatoms. The molecule has 19 heavy (non-hydrogen) atoms. The lowest BCUT2D eigenvalue weighted by Crippen LogP contribution is -2.36. The van der Waals surface area contributed by atoms with Crippen molar-refractivity contribution in [2.45, 2.75) is 18.1 Å². The fraction of sp³-hybridized carbons (Fsp3) is 0.462. The van der Waals surface area contributed by atoms with Gasteiger partial charge in [0, 0.05) is 13.1 Å². The maximum absolute atomic E-state index is 12.6. The predicted molar refractivity (Wildman–Crippen MR) is 70.9 cm³/mol. The number of nitrogens with zero attached hydrogens (tertiary/aromatic N) is 1. The van der Waals surface area contributed by atoms with E-state index in [9.17, 15) is 13.2 Å². The largest absolute Gasteiger partial charge is 0.468 e. The van der Waals surface area contributed by atoms with Crippen molar-refractivity contribution in [3.8, 4) is 0 Å². The Balaban J connectivity index is 2.41. The molecule has 0 saturated carbocycles. The molecule has 104 valence electrons. The van der Waals surface area contributed by atoms with Crippen molar-refractivity contribution < 1.29 is 17.9 Å². The topological polar surface area (TPSA) is 63.7 Å². The molecule has 1 atom stereocenters. The molecule has 1 aromatic rings. The molecule has 1 aliphatic heterocycles. The Morgan fingerprint density at radius 3 is 2.32 bits per heavy atom. The molecule has 0 N–H and O–H groups in total. The van der Waals surface area contributed by atoms with Crippen LogP contribution in [-0.4, -0.2) is 38.9 Å². The summed E-state index contributed by atoms with van der Waals surface area (Å²) in [6, 6.07) is 8.47. The third-order valence-electron chi connectivity index (χ3n) is 3.24. The number of sulfonamides is 1. The summed E-state index contributed by atoms with van der Waals surface area (Å²) in [5, 5.41) is -1.27. The lowest BCUT2D eigenvalue weighted by atomic mass is 10.1. The first kappa shape index (κ1) is 14.0. The minimum atomic E-state index is -3.71. The number of carbonyl (C=O) groups excluding carboxylic acids is 1. The van der Waals surface area contributed by atoms with Gasteiger partial charge < -0.3 is 4.74 Å². The SMILES string of the molecule is COC(=O)[C@H](c1ccccc1)S(=O)(=O)N1CCCC1. The van der Waals surface area contributed by atoms with E-state index >= 15 is 0 Å². The normalized spacial score (nSPS) is 18.2. The fourth-order valence-corrected chi connectivity index (χ4v) is 4.16. The average Bonchev–Trinajstić information content (AvgIpc) is 2.94. The number of benzene rings is 1. The summed E-state index contributed by atoms with van der Waals surface area (Å²) >= 11 is 0. The summed E-state index contributed by atoms with van der Waals surface area (Å²) < 4.78 is 31.2. The Bertz CT molecular complexity index is 535. The van der Waals surface area contributed by atoms with Gasteiger partial charge in [0.25, 0.3) is 0 Å². The van der Waals surface area contributed by atoms with Gasteiger partial charge in [-0.2, -0.15) is 0 Å². The summed E-state index contributed by atoms with van der Waals surface area (Å²) in [6.45, 7) is 0.950. The molecule has 1 heterocycles. The Morgan fingerprint density at radius 2 is 1.79 bits per heavy atom. The summed E-state index contributed by atoms with van der Waals surface area (Å²) in [4.78, 5) is 11.9. The van der Waals surface area contributed by atoms with Gasteiger partial charge in [-0.3, -0.25) is 4.79 Å². The first-order valence-electron chi connectivity index (χ1n) is 6.19. The van der Waals surface area contributed by atoms with Crippen LogP contribution in [-0.2, 0) is 19.6 Å². The van der Waals surface area contributed by atoms with Crippen molar-refractivity contribution in [2.24, 2.45) is 0 Å². The smallest absolute Gasteiger partial charge is 0.330 e. The maximum atomic E-state index is 12.6. The van der Waals surface area contributed by atoms with Crippen LogP contribution >= 0.6 is 0 Å². The summed E-state index contributed by atoms with van der Waals surface area (Å²) in [5.74, 6) is -0.738. The van der Waals surface area contributed by atoms with E-state index in [1.165, 1.54) is 11.4 Å². The van der Waals surface area contributed by atoms with E-state index in [4.69, 9.17) is 0 Å². The molecule has 0 bridgehead atoms. The van der Waals surface area contributed by atoms with Crippen molar-refractivity contribution in [1.29, 1.82) is 0 Å². The second-order valence-electron chi connectivity index (χ2n) is 4.46. The second kappa shape index (κ2) is 5.71. The van der Waals surface area contributed by atoms with Crippen molar-refractivity contribution in [3.05, 3.63) is 35.9 Å². The van der Waals surface area contributed by atoms with Gasteiger partial charge in [0.1, 0.15) is 0 Å². The first-order chi connectivity index (χ1) is 9.07.